The predicted molar refractivity (Wildman–Crippen MR) is 250 cm³/mol. The van der Waals surface area contributed by atoms with E-state index in [2.05, 4.69) is 208 Å². The fraction of sp³-hybridized carbons (Fsp3) is 0.0877. The molecular formula is C57H39NS. The van der Waals surface area contributed by atoms with Gasteiger partial charge in [-0.3, -0.25) is 0 Å². The zero-order valence-corrected chi connectivity index (χ0v) is 34.0. The summed E-state index contributed by atoms with van der Waals surface area (Å²) < 4.78 is 2.67. The second-order valence-electron chi connectivity index (χ2n) is 17.2. The molecule has 0 bridgehead atoms. The molecule has 1 nitrogen and oxygen atoms in total. The van der Waals surface area contributed by atoms with E-state index >= 15 is 0 Å². The number of nitrogens with zero attached hydrogens (tertiary/aromatic N) is 1. The maximum atomic E-state index is 2.61. The van der Waals surface area contributed by atoms with Gasteiger partial charge in [-0.25, -0.2) is 0 Å². The molecule has 0 fully saturated rings. The average molecular weight is 770 g/mol. The van der Waals surface area contributed by atoms with Crippen LogP contribution in [0.25, 0.3) is 64.3 Å². The molecule has 278 valence electrons. The summed E-state index contributed by atoms with van der Waals surface area (Å²) in [5.41, 5.74) is 20.5. The van der Waals surface area contributed by atoms with Crippen LogP contribution in [-0.2, 0) is 10.8 Å². The Bertz CT molecular complexity index is 3410. The van der Waals surface area contributed by atoms with Gasteiger partial charge in [0, 0.05) is 32.1 Å². The SMILES string of the molecule is Cc1cc2ccccc2c2c1sc1c(N(c3ccc4c(c3)C(C)(C)c3ccccc3-4)c3cccc4c3-c3ccccc3C43c4ccccc4-c4ccccc43)cccc12. The third kappa shape index (κ3) is 4.14. The monoisotopic (exact) mass is 769 g/mol. The van der Waals surface area contributed by atoms with Gasteiger partial charge in [0.15, 0.2) is 0 Å². The number of thiophene rings is 1. The molecular weight excluding hydrogens is 731 g/mol. The van der Waals surface area contributed by atoms with E-state index in [1.54, 1.807) is 0 Å². The first-order valence-corrected chi connectivity index (χ1v) is 21.6. The molecule has 1 aromatic heterocycles. The van der Waals surface area contributed by atoms with Gasteiger partial charge in [-0.1, -0.05) is 166 Å². The van der Waals surface area contributed by atoms with Crippen LogP contribution in [-0.4, -0.2) is 0 Å². The summed E-state index contributed by atoms with van der Waals surface area (Å²) >= 11 is 1.94. The topological polar surface area (TPSA) is 3.24 Å². The van der Waals surface area contributed by atoms with Crippen molar-refractivity contribution in [3.8, 4) is 33.4 Å². The molecule has 1 spiro atoms. The van der Waals surface area contributed by atoms with Crippen molar-refractivity contribution >= 4 is 59.3 Å². The Labute approximate surface area is 348 Å². The Kier molecular flexibility index (Phi) is 6.59. The van der Waals surface area contributed by atoms with E-state index in [9.17, 15) is 0 Å². The van der Waals surface area contributed by atoms with Crippen molar-refractivity contribution in [3.05, 3.63) is 221 Å². The molecule has 2 heteroatoms. The standard InChI is InChI=1S/C57H39NS/c1-34-32-35-16-4-5-17-37(35)52-43-22-14-29-51(55(43)59-54(34)52)58(36-30-31-41-38-18-6-10-23-44(38)56(2,3)49(41)33-36)50-28-15-27-48-53(50)42-21-9-13-26-47(42)57(48)45-24-11-7-19-39(45)40-20-8-12-25-46(40)57/h4-33H,1-3H3. The van der Waals surface area contributed by atoms with E-state index in [1.807, 2.05) is 11.3 Å². The highest BCUT2D eigenvalue weighted by atomic mass is 32.1. The lowest BCUT2D eigenvalue weighted by Crippen LogP contribution is -2.26. The maximum absolute atomic E-state index is 2.61. The number of aryl methyl sites for hydroxylation is 1. The van der Waals surface area contributed by atoms with Gasteiger partial charge in [-0.2, -0.15) is 0 Å². The highest BCUT2D eigenvalue weighted by Gasteiger charge is 2.52. The van der Waals surface area contributed by atoms with Crippen LogP contribution in [0.2, 0.25) is 0 Å². The smallest absolute Gasteiger partial charge is 0.0726 e. The molecule has 0 saturated heterocycles. The Morgan fingerprint density at radius 3 is 1.71 bits per heavy atom. The summed E-state index contributed by atoms with van der Waals surface area (Å²) in [6.07, 6.45) is 0. The van der Waals surface area contributed by atoms with Crippen LogP contribution in [0.4, 0.5) is 17.1 Å². The largest absolute Gasteiger partial charge is 0.308 e. The van der Waals surface area contributed by atoms with Crippen molar-refractivity contribution in [3.63, 3.8) is 0 Å². The first kappa shape index (κ1) is 33.3. The van der Waals surface area contributed by atoms with Gasteiger partial charge in [-0.15, -0.1) is 11.3 Å². The predicted octanol–water partition coefficient (Wildman–Crippen LogP) is 15.6. The molecule has 0 N–H and O–H groups in total. The number of fused-ring (bicyclic) bond motifs is 18. The second-order valence-corrected chi connectivity index (χ2v) is 18.2. The molecule has 0 saturated carbocycles. The summed E-state index contributed by atoms with van der Waals surface area (Å²) in [5, 5.41) is 5.27. The summed E-state index contributed by atoms with van der Waals surface area (Å²) in [4.78, 5) is 2.61. The van der Waals surface area contributed by atoms with Crippen LogP contribution in [0, 0.1) is 6.92 Å². The van der Waals surface area contributed by atoms with Gasteiger partial charge in [0.1, 0.15) is 0 Å². The van der Waals surface area contributed by atoms with Gasteiger partial charge in [0.05, 0.1) is 21.5 Å². The molecule has 0 unspecified atom stereocenters. The van der Waals surface area contributed by atoms with Crippen LogP contribution in [0.1, 0.15) is 52.8 Å². The van der Waals surface area contributed by atoms with Gasteiger partial charge >= 0.3 is 0 Å². The molecule has 13 rings (SSSR count). The highest BCUT2D eigenvalue weighted by Crippen LogP contribution is 2.65. The minimum atomic E-state index is -0.429. The minimum Gasteiger partial charge on any atom is -0.308 e. The number of anilines is 3. The fourth-order valence-corrected chi connectivity index (χ4v) is 12.8. The van der Waals surface area contributed by atoms with Gasteiger partial charge in [0.25, 0.3) is 0 Å². The molecule has 0 radical (unpaired) electrons. The summed E-state index contributed by atoms with van der Waals surface area (Å²) in [7, 11) is 0. The van der Waals surface area contributed by atoms with E-state index in [0.717, 1.165) is 0 Å². The van der Waals surface area contributed by atoms with E-state index < -0.39 is 5.41 Å². The minimum absolute atomic E-state index is 0.139. The molecule has 59 heavy (non-hydrogen) atoms. The summed E-state index contributed by atoms with van der Waals surface area (Å²) in [6, 6.07) is 69.0. The number of hydrogen-bond acceptors (Lipinski definition) is 2. The number of rotatable bonds is 3. The Hall–Kier alpha value is -6.74. The van der Waals surface area contributed by atoms with Gasteiger partial charge in [-0.05, 0) is 115 Å². The Morgan fingerprint density at radius 2 is 0.966 bits per heavy atom. The third-order valence-electron chi connectivity index (χ3n) is 14.0. The van der Waals surface area contributed by atoms with Gasteiger partial charge in [0.2, 0.25) is 0 Å². The molecule has 0 atom stereocenters. The van der Waals surface area contributed by atoms with Crippen molar-refractivity contribution < 1.29 is 0 Å². The third-order valence-corrected chi connectivity index (χ3v) is 15.3. The highest BCUT2D eigenvalue weighted by molar-refractivity contribution is 7.26. The van der Waals surface area contributed by atoms with E-state index in [0.29, 0.717) is 0 Å². The molecule has 10 aromatic rings. The van der Waals surface area contributed by atoms with Crippen LogP contribution in [0.15, 0.2) is 182 Å². The molecule has 1 heterocycles. The lowest BCUT2D eigenvalue weighted by atomic mass is 9.70. The van der Waals surface area contributed by atoms with Crippen molar-refractivity contribution in [2.45, 2.75) is 31.6 Å². The van der Waals surface area contributed by atoms with Crippen molar-refractivity contribution in [2.75, 3.05) is 4.90 Å². The van der Waals surface area contributed by atoms with Crippen molar-refractivity contribution in [1.82, 2.24) is 0 Å². The molecule has 0 amide bonds. The van der Waals surface area contributed by atoms with Crippen molar-refractivity contribution in [1.29, 1.82) is 0 Å². The summed E-state index contributed by atoms with van der Waals surface area (Å²) in [5.74, 6) is 0. The lowest BCUT2D eigenvalue weighted by molar-refractivity contribution is 0.660. The lowest BCUT2D eigenvalue weighted by Gasteiger charge is -2.32. The summed E-state index contributed by atoms with van der Waals surface area (Å²) in [6.45, 7) is 7.06. The maximum Gasteiger partial charge on any atom is 0.0726 e. The van der Waals surface area contributed by atoms with Crippen molar-refractivity contribution in [2.24, 2.45) is 0 Å². The number of hydrogen-bond donors (Lipinski definition) is 0. The molecule has 0 aliphatic heterocycles. The quantitative estimate of drug-likeness (QED) is 0.173. The fourth-order valence-electron chi connectivity index (χ4n) is 11.5. The van der Waals surface area contributed by atoms with E-state index in [1.165, 1.54) is 120 Å². The van der Waals surface area contributed by atoms with Crippen LogP contribution in [0.3, 0.4) is 0 Å². The molecule has 3 aliphatic carbocycles. The van der Waals surface area contributed by atoms with Crippen LogP contribution in [0.5, 0.6) is 0 Å². The van der Waals surface area contributed by atoms with Gasteiger partial charge < -0.3 is 4.90 Å². The second kappa shape index (κ2) is 11.7. The zero-order valence-electron chi connectivity index (χ0n) is 33.2. The Balaban J connectivity index is 1.15. The average Bonchev–Trinajstić information content (AvgIpc) is 3.98. The van der Waals surface area contributed by atoms with E-state index in [4.69, 9.17) is 0 Å². The van der Waals surface area contributed by atoms with Crippen LogP contribution >= 0.6 is 11.3 Å². The van der Waals surface area contributed by atoms with E-state index in [-0.39, 0.29) is 5.41 Å². The normalized spacial score (nSPS) is 14.6. The number of benzene rings is 9. The first-order valence-electron chi connectivity index (χ1n) is 20.8. The van der Waals surface area contributed by atoms with Crippen LogP contribution < -0.4 is 4.90 Å². The first-order chi connectivity index (χ1) is 29.0. The zero-order chi connectivity index (χ0) is 39.2. The molecule has 3 aliphatic rings. The molecule has 9 aromatic carbocycles. The Morgan fingerprint density at radius 1 is 0.424 bits per heavy atom.